The number of aromatic carboxylic acids is 1. The zero-order chi connectivity index (χ0) is 12.0. The van der Waals surface area contributed by atoms with Gasteiger partial charge in [0.2, 0.25) is 0 Å². The Bertz CT molecular complexity index is 414. The lowest BCUT2D eigenvalue weighted by molar-refractivity contribution is 0.0690. The fraction of sp³-hybridized carbons (Fsp3) is 0.300. The van der Waals surface area contributed by atoms with E-state index in [-0.39, 0.29) is 18.7 Å². The van der Waals surface area contributed by atoms with Crippen molar-refractivity contribution in [1.82, 2.24) is 9.97 Å². The highest BCUT2D eigenvalue weighted by Gasteiger charge is 2.07. The smallest absolute Gasteiger partial charge is 0.354 e. The number of carbonyl (C=O) groups is 1. The molecule has 0 fully saturated rings. The lowest BCUT2D eigenvalue weighted by Gasteiger charge is -2.09. The summed E-state index contributed by atoms with van der Waals surface area (Å²) in [6.45, 7) is 0.209. The first kappa shape index (κ1) is 11.9. The molecule has 0 aliphatic carbocycles. The number of hydrogen-bond acceptors (Lipinski definition) is 5. The summed E-state index contributed by atoms with van der Waals surface area (Å²) in [5, 5.41) is 20.8. The Labute approximate surface area is 92.4 Å². The minimum atomic E-state index is -1.13. The molecule has 1 atom stereocenters. The maximum Gasteiger partial charge on any atom is 0.354 e. The van der Waals surface area contributed by atoms with Gasteiger partial charge in [-0.25, -0.2) is 14.8 Å². The maximum absolute atomic E-state index is 10.6. The van der Waals surface area contributed by atoms with Crippen molar-refractivity contribution in [2.45, 2.75) is 12.5 Å². The van der Waals surface area contributed by atoms with Crippen molar-refractivity contribution in [1.29, 1.82) is 0 Å². The number of anilines is 1. The van der Waals surface area contributed by atoms with Gasteiger partial charge in [-0.05, 0) is 0 Å². The summed E-state index contributed by atoms with van der Waals surface area (Å²) in [4.78, 5) is 18.0. The van der Waals surface area contributed by atoms with Gasteiger partial charge in [0, 0.05) is 19.0 Å². The third-order valence-corrected chi connectivity index (χ3v) is 1.76. The summed E-state index contributed by atoms with van der Waals surface area (Å²) >= 11 is 0. The number of carboxylic acids is 1. The van der Waals surface area contributed by atoms with Crippen molar-refractivity contribution in [3.05, 3.63) is 18.1 Å². The van der Waals surface area contributed by atoms with Crippen LogP contribution >= 0.6 is 0 Å². The summed E-state index contributed by atoms with van der Waals surface area (Å²) in [6, 6.07) is 1.28. The second-order valence-electron chi connectivity index (χ2n) is 3.04. The van der Waals surface area contributed by atoms with E-state index < -0.39 is 12.1 Å². The lowest BCUT2D eigenvalue weighted by Crippen LogP contribution is -2.19. The fourth-order valence-electron chi connectivity index (χ4n) is 1.00. The van der Waals surface area contributed by atoms with Crippen molar-refractivity contribution in [3.63, 3.8) is 0 Å². The van der Waals surface area contributed by atoms with E-state index >= 15 is 0 Å². The molecule has 16 heavy (non-hydrogen) atoms. The van der Waals surface area contributed by atoms with Gasteiger partial charge in [-0.1, -0.05) is 0 Å². The van der Waals surface area contributed by atoms with Crippen LogP contribution in [0.25, 0.3) is 0 Å². The lowest BCUT2D eigenvalue weighted by atomic mass is 10.2. The first-order chi connectivity index (χ1) is 7.63. The summed E-state index contributed by atoms with van der Waals surface area (Å²) in [5.74, 6) is 1.52. The van der Waals surface area contributed by atoms with Gasteiger partial charge in [0.25, 0.3) is 0 Å². The van der Waals surface area contributed by atoms with E-state index in [2.05, 4.69) is 21.2 Å². The number of hydrogen-bond donors (Lipinski definition) is 3. The van der Waals surface area contributed by atoms with Crippen LogP contribution in [0.15, 0.2) is 12.4 Å². The number of carboxylic acid groups (broad SMARTS) is 1. The summed E-state index contributed by atoms with van der Waals surface area (Å²) < 4.78 is 0. The molecule has 0 aliphatic heterocycles. The molecule has 0 amide bonds. The highest BCUT2D eigenvalue weighted by atomic mass is 16.4. The maximum atomic E-state index is 10.6. The molecule has 0 aromatic carbocycles. The standard InChI is InChI=1S/C10H11N3O3/c1-2-3-7(14)5-11-9-4-8(10(15)16)12-6-13-9/h1,4,6-7,14H,3,5H2,(H,15,16)(H,11,12,13). The van der Waals surface area contributed by atoms with E-state index in [4.69, 9.17) is 11.5 Å². The van der Waals surface area contributed by atoms with Crippen LogP contribution in [0.2, 0.25) is 0 Å². The van der Waals surface area contributed by atoms with E-state index in [1.807, 2.05) is 0 Å². The number of aliphatic hydroxyl groups is 1. The molecule has 0 saturated heterocycles. The normalized spacial score (nSPS) is 11.5. The van der Waals surface area contributed by atoms with Crippen molar-refractivity contribution in [2.24, 2.45) is 0 Å². The number of rotatable bonds is 5. The Kier molecular flexibility index (Phi) is 4.24. The van der Waals surface area contributed by atoms with Crippen LogP contribution < -0.4 is 5.32 Å². The fourth-order valence-corrected chi connectivity index (χ4v) is 1.00. The van der Waals surface area contributed by atoms with Crippen molar-refractivity contribution in [3.8, 4) is 12.3 Å². The molecule has 1 unspecified atom stereocenters. The van der Waals surface area contributed by atoms with E-state index in [1.54, 1.807) is 0 Å². The monoisotopic (exact) mass is 221 g/mol. The third kappa shape index (κ3) is 3.55. The average molecular weight is 221 g/mol. The Morgan fingerprint density at radius 3 is 3.00 bits per heavy atom. The molecule has 3 N–H and O–H groups in total. The van der Waals surface area contributed by atoms with Crippen molar-refractivity contribution in [2.75, 3.05) is 11.9 Å². The SMILES string of the molecule is C#CCC(O)CNc1cc(C(=O)O)ncn1. The minimum Gasteiger partial charge on any atom is -0.477 e. The average Bonchev–Trinajstić information content (AvgIpc) is 2.27. The molecule has 1 heterocycles. The van der Waals surface area contributed by atoms with Crippen LogP contribution in [0.5, 0.6) is 0 Å². The molecular weight excluding hydrogens is 210 g/mol. The van der Waals surface area contributed by atoms with Crippen LogP contribution in [0.1, 0.15) is 16.9 Å². The third-order valence-electron chi connectivity index (χ3n) is 1.76. The number of nitrogens with one attached hydrogen (secondary N) is 1. The highest BCUT2D eigenvalue weighted by Crippen LogP contribution is 2.04. The molecule has 0 spiro atoms. The van der Waals surface area contributed by atoms with Gasteiger partial charge >= 0.3 is 5.97 Å². The van der Waals surface area contributed by atoms with Gasteiger partial charge in [0.15, 0.2) is 5.69 Å². The molecular formula is C10H11N3O3. The topological polar surface area (TPSA) is 95.3 Å². The zero-order valence-electron chi connectivity index (χ0n) is 8.42. The summed E-state index contributed by atoms with van der Waals surface area (Å²) in [7, 11) is 0. The van der Waals surface area contributed by atoms with Gasteiger partial charge in [0.1, 0.15) is 12.1 Å². The van der Waals surface area contributed by atoms with Gasteiger partial charge in [0.05, 0.1) is 6.10 Å². The summed E-state index contributed by atoms with van der Waals surface area (Å²) in [5.41, 5.74) is -0.107. The van der Waals surface area contributed by atoms with Crippen molar-refractivity contribution >= 4 is 11.8 Å². The molecule has 1 rings (SSSR count). The second kappa shape index (κ2) is 5.68. The first-order valence-corrected chi connectivity index (χ1v) is 4.54. The van der Waals surface area contributed by atoms with E-state index in [0.717, 1.165) is 6.33 Å². The molecule has 1 aromatic heterocycles. The second-order valence-corrected chi connectivity index (χ2v) is 3.04. The van der Waals surface area contributed by atoms with Crippen molar-refractivity contribution < 1.29 is 15.0 Å². The predicted molar refractivity (Wildman–Crippen MR) is 56.9 cm³/mol. The molecule has 0 saturated carbocycles. The van der Waals surface area contributed by atoms with Crippen LogP contribution in [-0.4, -0.2) is 38.8 Å². The Hall–Kier alpha value is -2.13. The molecule has 1 aromatic rings. The summed E-state index contributed by atoms with van der Waals surface area (Å²) in [6.07, 6.45) is 5.70. The van der Waals surface area contributed by atoms with E-state index in [9.17, 15) is 9.90 Å². The molecule has 0 radical (unpaired) electrons. The largest absolute Gasteiger partial charge is 0.477 e. The van der Waals surface area contributed by atoms with Gasteiger partial charge in [-0.15, -0.1) is 12.3 Å². The molecule has 0 bridgehead atoms. The number of terminal acetylenes is 1. The quantitative estimate of drug-likeness (QED) is 0.604. The van der Waals surface area contributed by atoms with Gasteiger partial charge in [-0.3, -0.25) is 0 Å². The van der Waals surface area contributed by atoms with Crippen LogP contribution in [-0.2, 0) is 0 Å². The van der Waals surface area contributed by atoms with E-state index in [0.29, 0.717) is 5.82 Å². The van der Waals surface area contributed by atoms with Crippen LogP contribution in [0.3, 0.4) is 0 Å². The first-order valence-electron chi connectivity index (χ1n) is 4.54. The van der Waals surface area contributed by atoms with Crippen LogP contribution in [0.4, 0.5) is 5.82 Å². The molecule has 6 heteroatoms. The Morgan fingerprint density at radius 1 is 1.62 bits per heavy atom. The number of nitrogens with zero attached hydrogens (tertiary/aromatic N) is 2. The molecule has 0 aliphatic rings. The number of aromatic nitrogens is 2. The zero-order valence-corrected chi connectivity index (χ0v) is 8.42. The number of aliphatic hydroxyl groups excluding tert-OH is 1. The van der Waals surface area contributed by atoms with E-state index in [1.165, 1.54) is 6.07 Å². The Balaban J connectivity index is 2.58. The molecule has 6 nitrogen and oxygen atoms in total. The van der Waals surface area contributed by atoms with Gasteiger partial charge in [-0.2, -0.15) is 0 Å². The highest BCUT2D eigenvalue weighted by molar-refractivity contribution is 5.85. The predicted octanol–water partition coefficient (Wildman–Crippen LogP) is -0.0291. The minimum absolute atomic E-state index is 0.107. The Morgan fingerprint density at radius 2 is 2.38 bits per heavy atom. The van der Waals surface area contributed by atoms with Crippen LogP contribution in [0, 0.1) is 12.3 Å². The molecule has 84 valence electrons. The van der Waals surface area contributed by atoms with Gasteiger partial charge < -0.3 is 15.5 Å².